The topological polar surface area (TPSA) is 12.9 Å². The van der Waals surface area contributed by atoms with Crippen LogP contribution in [0, 0.1) is 6.92 Å². The summed E-state index contributed by atoms with van der Waals surface area (Å²) in [6.45, 7) is 1.94. The van der Waals surface area contributed by atoms with Crippen molar-refractivity contribution < 1.29 is 0 Å². The van der Waals surface area contributed by atoms with Crippen LogP contribution in [0.1, 0.15) is 11.3 Å². The standard InChI is InChI=1S/C8H10ClNS/c1-6-3-4-7(5-11-2)8(9)10-6/h3-4H,5H2,1-2H3. The highest BCUT2D eigenvalue weighted by Crippen LogP contribution is 2.17. The maximum Gasteiger partial charge on any atom is 0.133 e. The van der Waals surface area contributed by atoms with Crippen molar-refractivity contribution in [1.29, 1.82) is 0 Å². The van der Waals surface area contributed by atoms with Crippen molar-refractivity contribution in [3.63, 3.8) is 0 Å². The highest BCUT2D eigenvalue weighted by molar-refractivity contribution is 7.97. The highest BCUT2D eigenvalue weighted by Gasteiger charge is 1.99. The van der Waals surface area contributed by atoms with Crippen molar-refractivity contribution in [3.05, 3.63) is 28.5 Å². The molecule has 0 atom stereocenters. The van der Waals surface area contributed by atoms with Crippen LogP contribution in [0.2, 0.25) is 5.15 Å². The van der Waals surface area contributed by atoms with Crippen LogP contribution in [-0.4, -0.2) is 11.2 Å². The largest absolute Gasteiger partial charge is 0.241 e. The van der Waals surface area contributed by atoms with E-state index in [1.54, 1.807) is 11.8 Å². The molecule has 0 aliphatic rings. The maximum absolute atomic E-state index is 5.88. The Morgan fingerprint density at radius 2 is 2.27 bits per heavy atom. The zero-order valence-electron chi connectivity index (χ0n) is 6.60. The Hall–Kier alpha value is -0.210. The fourth-order valence-electron chi connectivity index (χ4n) is 0.817. The summed E-state index contributed by atoms with van der Waals surface area (Å²) in [5.74, 6) is 0.937. The molecule has 0 amide bonds. The van der Waals surface area contributed by atoms with Gasteiger partial charge >= 0.3 is 0 Å². The summed E-state index contributed by atoms with van der Waals surface area (Å²) in [5.41, 5.74) is 2.09. The molecule has 0 aliphatic heterocycles. The van der Waals surface area contributed by atoms with Crippen molar-refractivity contribution in [3.8, 4) is 0 Å². The Bertz CT molecular complexity index is 250. The molecule has 1 heterocycles. The van der Waals surface area contributed by atoms with E-state index in [2.05, 4.69) is 11.2 Å². The molecule has 0 saturated carbocycles. The molecular formula is C8H10ClNS. The minimum absolute atomic E-state index is 0.638. The Balaban J connectivity index is 2.90. The first-order chi connectivity index (χ1) is 5.24. The van der Waals surface area contributed by atoms with Gasteiger partial charge in [0.15, 0.2) is 0 Å². The predicted molar refractivity (Wildman–Crippen MR) is 51.2 cm³/mol. The highest BCUT2D eigenvalue weighted by atomic mass is 35.5. The van der Waals surface area contributed by atoms with E-state index in [4.69, 9.17) is 11.6 Å². The van der Waals surface area contributed by atoms with Gasteiger partial charge in [0.2, 0.25) is 0 Å². The third-order valence-corrected chi connectivity index (χ3v) is 2.29. The second-order valence-electron chi connectivity index (χ2n) is 2.34. The van der Waals surface area contributed by atoms with Crippen molar-refractivity contribution in [2.24, 2.45) is 0 Å². The first-order valence-electron chi connectivity index (χ1n) is 3.35. The summed E-state index contributed by atoms with van der Waals surface area (Å²) < 4.78 is 0. The zero-order valence-corrected chi connectivity index (χ0v) is 8.17. The fourth-order valence-corrected chi connectivity index (χ4v) is 1.70. The molecule has 0 fully saturated rings. The molecule has 0 bridgehead atoms. The molecule has 60 valence electrons. The molecule has 0 N–H and O–H groups in total. The molecule has 0 unspecified atom stereocenters. The van der Waals surface area contributed by atoms with E-state index in [1.807, 2.05) is 19.1 Å². The van der Waals surface area contributed by atoms with Crippen molar-refractivity contribution >= 4 is 23.4 Å². The van der Waals surface area contributed by atoms with Crippen LogP contribution in [-0.2, 0) is 5.75 Å². The lowest BCUT2D eigenvalue weighted by molar-refractivity contribution is 1.16. The van der Waals surface area contributed by atoms with Gasteiger partial charge in [-0.1, -0.05) is 17.7 Å². The number of pyridine rings is 1. The zero-order chi connectivity index (χ0) is 8.27. The minimum atomic E-state index is 0.638. The van der Waals surface area contributed by atoms with Gasteiger partial charge in [-0.15, -0.1) is 0 Å². The average Bonchev–Trinajstić information content (AvgIpc) is 1.95. The van der Waals surface area contributed by atoms with Crippen LogP contribution >= 0.6 is 23.4 Å². The number of thioether (sulfide) groups is 1. The van der Waals surface area contributed by atoms with Crippen molar-refractivity contribution in [2.75, 3.05) is 6.26 Å². The Morgan fingerprint density at radius 3 is 2.82 bits per heavy atom. The molecule has 1 aromatic heterocycles. The van der Waals surface area contributed by atoms with E-state index in [0.29, 0.717) is 5.15 Å². The van der Waals surface area contributed by atoms with Gasteiger partial charge in [-0.25, -0.2) is 4.98 Å². The predicted octanol–water partition coefficient (Wildman–Crippen LogP) is 2.91. The van der Waals surface area contributed by atoms with Crippen LogP contribution in [0.3, 0.4) is 0 Å². The van der Waals surface area contributed by atoms with Gasteiger partial charge in [0.25, 0.3) is 0 Å². The molecular weight excluding hydrogens is 178 g/mol. The molecule has 1 nitrogen and oxygen atoms in total. The number of halogens is 1. The van der Waals surface area contributed by atoms with Gasteiger partial charge in [0.05, 0.1) is 0 Å². The normalized spacial score (nSPS) is 10.1. The Labute approximate surface area is 76.2 Å². The van der Waals surface area contributed by atoms with Crippen LogP contribution in [0.5, 0.6) is 0 Å². The summed E-state index contributed by atoms with van der Waals surface area (Å²) >= 11 is 7.63. The van der Waals surface area contributed by atoms with Gasteiger partial charge in [0, 0.05) is 11.4 Å². The first-order valence-corrected chi connectivity index (χ1v) is 5.12. The van der Waals surface area contributed by atoms with Crippen LogP contribution in [0.25, 0.3) is 0 Å². The van der Waals surface area contributed by atoms with Gasteiger partial charge in [-0.05, 0) is 24.8 Å². The van der Waals surface area contributed by atoms with E-state index in [1.165, 1.54) is 0 Å². The second-order valence-corrected chi connectivity index (χ2v) is 3.56. The Morgan fingerprint density at radius 1 is 1.55 bits per heavy atom. The molecule has 0 aromatic carbocycles. The third-order valence-electron chi connectivity index (χ3n) is 1.37. The summed E-state index contributed by atoms with van der Waals surface area (Å²) in [5, 5.41) is 0.638. The van der Waals surface area contributed by atoms with E-state index >= 15 is 0 Å². The average molecular weight is 188 g/mol. The summed E-state index contributed by atoms with van der Waals surface area (Å²) in [6, 6.07) is 4.01. The van der Waals surface area contributed by atoms with Crippen LogP contribution in [0.4, 0.5) is 0 Å². The summed E-state index contributed by atoms with van der Waals surface area (Å²) in [7, 11) is 0. The number of nitrogens with zero attached hydrogens (tertiary/aromatic N) is 1. The lowest BCUT2D eigenvalue weighted by atomic mass is 10.3. The number of hydrogen-bond donors (Lipinski definition) is 0. The third kappa shape index (κ3) is 2.38. The quantitative estimate of drug-likeness (QED) is 0.661. The van der Waals surface area contributed by atoms with E-state index in [0.717, 1.165) is 17.0 Å². The molecule has 0 radical (unpaired) electrons. The maximum atomic E-state index is 5.88. The molecule has 0 saturated heterocycles. The lowest BCUT2D eigenvalue weighted by Crippen LogP contribution is -1.87. The number of rotatable bonds is 2. The van der Waals surface area contributed by atoms with E-state index in [-0.39, 0.29) is 0 Å². The van der Waals surface area contributed by atoms with Crippen LogP contribution in [0.15, 0.2) is 12.1 Å². The Kier molecular flexibility index (Phi) is 3.21. The SMILES string of the molecule is CSCc1ccc(C)nc1Cl. The number of hydrogen-bond acceptors (Lipinski definition) is 2. The lowest BCUT2D eigenvalue weighted by Gasteiger charge is -2.00. The second kappa shape index (κ2) is 3.98. The van der Waals surface area contributed by atoms with E-state index < -0.39 is 0 Å². The van der Waals surface area contributed by atoms with Crippen molar-refractivity contribution in [2.45, 2.75) is 12.7 Å². The monoisotopic (exact) mass is 187 g/mol. The van der Waals surface area contributed by atoms with E-state index in [9.17, 15) is 0 Å². The number of aromatic nitrogens is 1. The first kappa shape index (κ1) is 8.88. The van der Waals surface area contributed by atoms with Gasteiger partial charge in [0.1, 0.15) is 5.15 Å². The van der Waals surface area contributed by atoms with Gasteiger partial charge < -0.3 is 0 Å². The molecule has 1 aromatic rings. The molecule has 0 aliphatic carbocycles. The summed E-state index contributed by atoms with van der Waals surface area (Å²) in [4.78, 5) is 4.14. The van der Waals surface area contributed by atoms with Gasteiger partial charge in [-0.2, -0.15) is 11.8 Å². The molecule has 3 heteroatoms. The molecule has 11 heavy (non-hydrogen) atoms. The number of aryl methyl sites for hydroxylation is 1. The smallest absolute Gasteiger partial charge is 0.133 e. The molecule has 0 spiro atoms. The van der Waals surface area contributed by atoms with Crippen LogP contribution < -0.4 is 0 Å². The van der Waals surface area contributed by atoms with Crippen molar-refractivity contribution in [1.82, 2.24) is 4.98 Å². The van der Waals surface area contributed by atoms with Gasteiger partial charge in [-0.3, -0.25) is 0 Å². The fraction of sp³-hybridized carbons (Fsp3) is 0.375. The molecule has 1 rings (SSSR count). The summed E-state index contributed by atoms with van der Waals surface area (Å²) in [6.07, 6.45) is 2.05. The minimum Gasteiger partial charge on any atom is -0.241 e.